The van der Waals surface area contributed by atoms with E-state index >= 15 is 0 Å². The predicted octanol–water partition coefficient (Wildman–Crippen LogP) is 3.52. The second kappa shape index (κ2) is 10.8. The van der Waals surface area contributed by atoms with E-state index in [1.807, 2.05) is 0 Å². The van der Waals surface area contributed by atoms with Crippen molar-refractivity contribution in [3.63, 3.8) is 0 Å². The minimum Gasteiger partial charge on any atom is -0.469 e. The van der Waals surface area contributed by atoms with E-state index in [9.17, 15) is 4.79 Å². The van der Waals surface area contributed by atoms with E-state index in [0.29, 0.717) is 6.42 Å². The molecule has 0 N–H and O–H groups in total. The first-order chi connectivity index (χ1) is 6.81. The van der Waals surface area contributed by atoms with Crippen molar-refractivity contribution in [2.75, 3.05) is 13.0 Å². The van der Waals surface area contributed by atoms with E-state index in [0.717, 1.165) is 25.1 Å². The smallest absolute Gasteiger partial charge is 0.305 e. The molecule has 2 nitrogen and oxygen atoms in total. The van der Waals surface area contributed by atoms with Crippen LogP contribution in [-0.4, -0.2) is 19.0 Å². The molecular formula is C11H21ClO2. The van der Waals surface area contributed by atoms with E-state index in [-0.39, 0.29) is 5.97 Å². The van der Waals surface area contributed by atoms with Gasteiger partial charge in [0.2, 0.25) is 0 Å². The number of ether oxygens (including phenoxy) is 1. The Bertz CT molecular complexity index is 137. The Morgan fingerprint density at radius 2 is 1.50 bits per heavy atom. The van der Waals surface area contributed by atoms with Gasteiger partial charge in [0.05, 0.1) is 7.11 Å². The maximum Gasteiger partial charge on any atom is 0.305 e. The quantitative estimate of drug-likeness (QED) is 0.338. The molecule has 84 valence electrons. The van der Waals surface area contributed by atoms with Gasteiger partial charge in [0.1, 0.15) is 0 Å². The summed E-state index contributed by atoms with van der Waals surface area (Å²) in [6, 6.07) is 0. The van der Waals surface area contributed by atoms with Gasteiger partial charge in [-0.05, 0) is 12.8 Å². The second-order valence-electron chi connectivity index (χ2n) is 3.49. The topological polar surface area (TPSA) is 26.3 Å². The molecule has 0 amide bonds. The molecule has 0 saturated carbocycles. The SMILES string of the molecule is COC(=O)CCCCCCCCCCl. The standard InChI is InChI=1S/C11H21ClO2/c1-14-11(13)9-7-5-3-2-4-6-8-10-12/h2-10H2,1H3. The molecule has 0 saturated heterocycles. The lowest BCUT2D eigenvalue weighted by atomic mass is 10.1. The number of hydrogen-bond acceptors (Lipinski definition) is 2. The van der Waals surface area contributed by atoms with Gasteiger partial charge in [-0.3, -0.25) is 4.79 Å². The van der Waals surface area contributed by atoms with Gasteiger partial charge in [0.25, 0.3) is 0 Å². The predicted molar refractivity (Wildman–Crippen MR) is 59.7 cm³/mol. The molecule has 0 fully saturated rings. The van der Waals surface area contributed by atoms with Gasteiger partial charge >= 0.3 is 5.97 Å². The average molecular weight is 221 g/mol. The molecule has 0 radical (unpaired) electrons. The third-order valence-corrected chi connectivity index (χ3v) is 2.51. The van der Waals surface area contributed by atoms with Crippen LogP contribution in [0.5, 0.6) is 0 Å². The second-order valence-corrected chi connectivity index (χ2v) is 3.87. The summed E-state index contributed by atoms with van der Waals surface area (Å²) in [6.07, 6.45) is 8.78. The van der Waals surface area contributed by atoms with Crippen molar-refractivity contribution in [3.05, 3.63) is 0 Å². The Morgan fingerprint density at radius 1 is 1.00 bits per heavy atom. The summed E-state index contributed by atoms with van der Waals surface area (Å²) in [4.78, 5) is 10.7. The highest BCUT2D eigenvalue weighted by Gasteiger charge is 1.98. The molecule has 0 bridgehead atoms. The first-order valence-electron chi connectivity index (χ1n) is 5.44. The van der Waals surface area contributed by atoms with Gasteiger partial charge in [-0.1, -0.05) is 32.1 Å². The van der Waals surface area contributed by atoms with Gasteiger partial charge in [0.15, 0.2) is 0 Å². The highest BCUT2D eigenvalue weighted by atomic mass is 35.5. The van der Waals surface area contributed by atoms with Crippen LogP contribution >= 0.6 is 11.6 Å². The molecule has 0 heterocycles. The molecule has 0 aliphatic rings. The summed E-state index contributed by atoms with van der Waals surface area (Å²) in [5.74, 6) is 0.689. The monoisotopic (exact) mass is 220 g/mol. The van der Waals surface area contributed by atoms with E-state index in [1.165, 1.54) is 32.8 Å². The van der Waals surface area contributed by atoms with E-state index in [2.05, 4.69) is 4.74 Å². The minimum absolute atomic E-state index is 0.0906. The molecule has 3 heteroatoms. The highest BCUT2D eigenvalue weighted by molar-refractivity contribution is 6.17. The fourth-order valence-electron chi connectivity index (χ4n) is 1.35. The normalized spacial score (nSPS) is 10.1. The zero-order valence-electron chi connectivity index (χ0n) is 9.06. The third-order valence-electron chi connectivity index (χ3n) is 2.24. The van der Waals surface area contributed by atoms with Gasteiger partial charge in [-0.25, -0.2) is 0 Å². The lowest BCUT2D eigenvalue weighted by molar-refractivity contribution is -0.140. The van der Waals surface area contributed by atoms with E-state index < -0.39 is 0 Å². The van der Waals surface area contributed by atoms with Crippen molar-refractivity contribution in [1.29, 1.82) is 0 Å². The molecule has 14 heavy (non-hydrogen) atoms. The lowest BCUT2D eigenvalue weighted by Gasteiger charge is -2.00. The van der Waals surface area contributed by atoms with Crippen LogP contribution in [0.2, 0.25) is 0 Å². The summed E-state index contributed by atoms with van der Waals surface area (Å²) >= 11 is 5.56. The van der Waals surface area contributed by atoms with Gasteiger partial charge in [-0.15, -0.1) is 11.6 Å². The summed E-state index contributed by atoms with van der Waals surface area (Å²) in [5.41, 5.74) is 0. The number of hydrogen-bond donors (Lipinski definition) is 0. The lowest BCUT2D eigenvalue weighted by Crippen LogP contribution is -1.99. The zero-order valence-corrected chi connectivity index (χ0v) is 9.81. The Hall–Kier alpha value is -0.240. The van der Waals surface area contributed by atoms with Crippen LogP contribution in [0.1, 0.15) is 51.4 Å². The number of carbonyl (C=O) groups is 1. The Kier molecular flexibility index (Phi) is 10.7. The number of methoxy groups -OCH3 is 1. The third kappa shape index (κ3) is 9.85. The maximum absolute atomic E-state index is 10.7. The molecule has 0 aromatic rings. The van der Waals surface area contributed by atoms with Crippen LogP contribution in [0, 0.1) is 0 Å². The largest absolute Gasteiger partial charge is 0.469 e. The Labute approximate surface area is 92.0 Å². The van der Waals surface area contributed by atoms with Crippen LogP contribution < -0.4 is 0 Å². The molecule has 0 unspecified atom stereocenters. The number of halogens is 1. The summed E-state index contributed by atoms with van der Waals surface area (Å²) in [7, 11) is 1.44. The molecule has 0 aliphatic heterocycles. The first-order valence-corrected chi connectivity index (χ1v) is 5.97. The molecular weight excluding hydrogens is 200 g/mol. The number of esters is 1. The van der Waals surface area contributed by atoms with Crippen LogP contribution in [0.25, 0.3) is 0 Å². The Morgan fingerprint density at radius 3 is 2.00 bits per heavy atom. The molecule has 0 aromatic carbocycles. The van der Waals surface area contributed by atoms with Crippen molar-refractivity contribution >= 4 is 17.6 Å². The summed E-state index contributed by atoms with van der Waals surface area (Å²) in [5, 5.41) is 0. The van der Waals surface area contributed by atoms with Crippen molar-refractivity contribution in [3.8, 4) is 0 Å². The fraction of sp³-hybridized carbons (Fsp3) is 0.909. The van der Waals surface area contributed by atoms with Crippen molar-refractivity contribution < 1.29 is 9.53 Å². The van der Waals surface area contributed by atoms with Crippen molar-refractivity contribution in [2.24, 2.45) is 0 Å². The molecule has 0 aromatic heterocycles. The molecule has 0 atom stereocenters. The van der Waals surface area contributed by atoms with Gasteiger partial charge in [-0.2, -0.15) is 0 Å². The molecule has 0 spiro atoms. The fourth-order valence-corrected chi connectivity index (χ4v) is 1.54. The first kappa shape index (κ1) is 13.8. The zero-order chi connectivity index (χ0) is 10.6. The molecule has 0 aliphatic carbocycles. The minimum atomic E-state index is -0.0906. The van der Waals surface area contributed by atoms with E-state index in [1.54, 1.807) is 0 Å². The Balaban J connectivity index is 2.95. The summed E-state index contributed by atoms with van der Waals surface area (Å²) in [6.45, 7) is 0. The number of carbonyl (C=O) groups excluding carboxylic acids is 1. The highest BCUT2D eigenvalue weighted by Crippen LogP contribution is 2.09. The van der Waals surface area contributed by atoms with Gasteiger partial charge < -0.3 is 4.74 Å². The van der Waals surface area contributed by atoms with Crippen LogP contribution in [0.15, 0.2) is 0 Å². The number of rotatable bonds is 9. The van der Waals surface area contributed by atoms with E-state index in [4.69, 9.17) is 11.6 Å². The number of alkyl halides is 1. The van der Waals surface area contributed by atoms with Crippen LogP contribution in [0.4, 0.5) is 0 Å². The molecule has 0 rings (SSSR count). The maximum atomic E-state index is 10.7. The van der Waals surface area contributed by atoms with Crippen molar-refractivity contribution in [1.82, 2.24) is 0 Å². The van der Waals surface area contributed by atoms with Crippen LogP contribution in [-0.2, 0) is 9.53 Å². The average Bonchev–Trinajstić information content (AvgIpc) is 2.21. The van der Waals surface area contributed by atoms with Gasteiger partial charge in [0, 0.05) is 12.3 Å². The van der Waals surface area contributed by atoms with Crippen molar-refractivity contribution in [2.45, 2.75) is 51.4 Å². The summed E-state index contributed by atoms with van der Waals surface area (Å²) < 4.78 is 4.56. The number of unbranched alkanes of at least 4 members (excludes halogenated alkanes) is 6. The van der Waals surface area contributed by atoms with Crippen LogP contribution in [0.3, 0.4) is 0 Å².